The van der Waals surface area contributed by atoms with Crippen LogP contribution in [-0.2, 0) is 0 Å². The number of hydrogen-bond acceptors (Lipinski definition) is 4. The maximum Gasteiger partial charge on any atom is 0.277 e. The lowest BCUT2D eigenvalue weighted by atomic mass is 10.3. The summed E-state index contributed by atoms with van der Waals surface area (Å²) in [7, 11) is 1.52. The van der Waals surface area contributed by atoms with E-state index in [-0.39, 0.29) is 5.69 Å². The number of rotatable bonds is 4. The van der Waals surface area contributed by atoms with Crippen LogP contribution in [0.1, 0.15) is 10.5 Å². The minimum atomic E-state index is -0.396. The van der Waals surface area contributed by atoms with Gasteiger partial charge in [-0.15, -0.1) is 5.10 Å². The summed E-state index contributed by atoms with van der Waals surface area (Å²) in [6.45, 7) is 0. The topological polar surface area (TPSA) is 69.0 Å². The molecular weight excluding hydrogens is 316 g/mol. The maximum absolute atomic E-state index is 12.3. The molecule has 0 aliphatic rings. The number of methoxy groups -OCH3 is 1. The molecule has 0 bridgehead atoms. The molecule has 7 heteroatoms. The minimum Gasteiger partial charge on any atom is -0.495 e. The number of nitrogens with zero attached hydrogens (tertiary/aromatic N) is 3. The van der Waals surface area contributed by atoms with Crippen LogP contribution in [0.4, 0.5) is 5.69 Å². The molecule has 0 atom stereocenters. The van der Waals surface area contributed by atoms with Crippen LogP contribution in [0.5, 0.6) is 5.75 Å². The van der Waals surface area contributed by atoms with Gasteiger partial charge in [0.2, 0.25) is 0 Å². The smallest absolute Gasteiger partial charge is 0.277 e. The molecule has 3 aromatic rings. The van der Waals surface area contributed by atoms with Gasteiger partial charge < -0.3 is 10.1 Å². The summed E-state index contributed by atoms with van der Waals surface area (Å²) in [5.41, 5.74) is 1.43. The summed E-state index contributed by atoms with van der Waals surface area (Å²) in [6.07, 6.45) is 1.40. The number of para-hydroxylation sites is 1. The zero-order valence-electron chi connectivity index (χ0n) is 12.2. The molecule has 0 aliphatic carbocycles. The average molecular weight is 329 g/mol. The molecule has 0 unspecified atom stereocenters. The lowest BCUT2D eigenvalue weighted by Gasteiger charge is -2.09. The van der Waals surface area contributed by atoms with Crippen molar-refractivity contribution in [3.8, 4) is 11.4 Å². The number of halogens is 1. The Morgan fingerprint density at radius 1 is 1.22 bits per heavy atom. The van der Waals surface area contributed by atoms with E-state index in [1.165, 1.54) is 18.1 Å². The fourth-order valence-corrected chi connectivity index (χ4v) is 2.19. The number of hydrogen-bond donors (Lipinski definition) is 1. The quantitative estimate of drug-likeness (QED) is 0.798. The summed E-state index contributed by atoms with van der Waals surface area (Å²) in [5, 5.41) is 11.5. The summed E-state index contributed by atoms with van der Waals surface area (Å²) >= 11 is 5.95. The first kappa shape index (κ1) is 15.1. The van der Waals surface area contributed by atoms with Crippen LogP contribution in [0.3, 0.4) is 0 Å². The van der Waals surface area contributed by atoms with Gasteiger partial charge in [-0.25, -0.2) is 0 Å². The molecule has 0 fully saturated rings. The van der Waals surface area contributed by atoms with Crippen LogP contribution in [0.15, 0.2) is 54.7 Å². The van der Waals surface area contributed by atoms with E-state index >= 15 is 0 Å². The van der Waals surface area contributed by atoms with E-state index in [2.05, 4.69) is 15.5 Å². The Balaban J connectivity index is 1.82. The molecule has 0 saturated heterocycles. The molecule has 0 saturated carbocycles. The largest absolute Gasteiger partial charge is 0.495 e. The Morgan fingerprint density at radius 3 is 2.74 bits per heavy atom. The van der Waals surface area contributed by atoms with Gasteiger partial charge in [-0.1, -0.05) is 29.8 Å². The average Bonchev–Trinajstić information content (AvgIpc) is 3.06. The number of carbonyl (C=O) groups is 1. The van der Waals surface area contributed by atoms with Crippen molar-refractivity contribution in [2.45, 2.75) is 0 Å². The molecule has 2 aromatic carbocycles. The van der Waals surface area contributed by atoms with Gasteiger partial charge in [0.1, 0.15) is 5.75 Å². The van der Waals surface area contributed by atoms with Gasteiger partial charge in [-0.3, -0.25) is 4.79 Å². The number of anilines is 1. The number of ether oxygens (including phenoxy) is 1. The van der Waals surface area contributed by atoms with Gasteiger partial charge in [0.15, 0.2) is 5.69 Å². The van der Waals surface area contributed by atoms with E-state index in [1.54, 1.807) is 18.2 Å². The maximum atomic E-state index is 12.3. The van der Waals surface area contributed by atoms with E-state index < -0.39 is 5.91 Å². The SMILES string of the molecule is COc1ccc(Cl)cc1NC(=O)c1cnn(-c2ccccc2)n1. The van der Waals surface area contributed by atoms with Gasteiger partial charge in [-0.2, -0.15) is 9.90 Å². The molecule has 1 N–H and O–H groups in total. The van der Waals surface area contributed by atoms with Gasteiger partial charge in [0.05, 0.1) is 24.7 Å². The zero-order chi connectivity index (χ0) is 16.2. The highest BCUT2D eigenvalue weighted by Crippen LogP contribution is 2.27. The van der Waals surface area contributed by atoms with E-state index in [1.807, 2.05) is 30.3 Å². The fourth-order valence-electron chi connectivity index (χ4n) is 2.02. The first-order chi connectivity index (χ1) is 11.2. The Hall–Kier alpha value is -2.86. The highest BCUT2D eigenvalue weighted by Gasteiger charge is 2.14. The molecule has 1 amide bonds. The molecule has 1 heterocycles. The standard InChI is InChI=1S/C16H13ClN4O2/c1-23-15-8-7-11(17)9-13(15)19-16(22)14-10-18-21(20-14)12-5-3-2-4-6-12/h2-10H,1H3,(H,19,22). The summed E-state index contributed by atoms with van der Waals surface area (Å²) in [5.74, 6) is 0.117. The number of carbonyl (C=O) groups excluding carboxylic acids is 1. The Bertz CT molecular complexity index is 833. The van der Waals surface area contributed by atoms with Crippen LogP contribution in [0.25, 0.3) is 5.69 Å². The normalized spacial score (nSPS) is 10.3. The molecule has 3 rings (SSSR count). The van der Waals surface area contributed by atoms with Crippen LogP contribution < -0.4 is 10.1 Å². The molecule has 0 aliphatic heterocycles. The van der Waals surface area contributed by atoms with Crippen molar-refractivity contribution in [1.82, 2.24) is 15.0 Å². The van der Waals surface area contributed by atoms with E-state index in [0.29, 0.717) is 16.5 Å². The molecular formula is C16H13ClN4O2. The second kappa shape index (κ2) is 6.50. The molecule has 116 valence electrons. The lowest BCUT2D eigenvalue weighted by Crippen LogP contribution is -2.14. The van der Waals surface area contributed by atoms with Crippen molar-refractivity contribution < 1.29 is 9.53 Å². The number of aromatic nitrogens is 3. The highest BCUT2D eigenvalue weighted by atomic mass is 35.5. The summed E-state index contributed by atoms with van der Waals surface area (Å²) < 4.78 is 5.20. The van der Waals surface area contributed by atoms with Crippen LogP contribution in [-0.4, -0.2) is 28.0 Å². The number of nitrogens with one attached hydrogen (secondary N) is 1. The van der Waals surface area contributed by atoms with Gasteiger partial charge in [0, 0.05) is 5.02 Å². The third-order valence-electron chi connectivity index (χ3n) is 3.12. The predicted molar refractivity (Wildman–Crippen MR) is 87.3 cm³/mol. The van der Waals surface area contributed by atoms with Crippen LogP contribution in [0.2, 0.25) is 5.02 Å². The predicted octanol–water partition coefficient (Wildman–Crippen LogP) is 3.18. The van der Waals surface area contributed by atoms with Crippen LogP contribution >= 0.6 is 11.6 Å². The molecule has 0 spiro atoms. The van der Waals surface area contributed by atoms with Crippen LogP contribution in [0, 0.1) is 0 Å². The van der Waals surface area contributed by atoms with Crippen molar-refractivity contribution in [3.63, 3.8) is 0 Å². The van der Waals surface area contributed by atoms with Crippen molar-refractivity contribution >= 4 is 23.2 Å². The highest BCUT2D eigenvalue weighted by molar-refractivity contribution is 6.31. The molecule has 0 radical (unpaired) electrons. The van der Waals surface area contributed by atoms with E-state index in [4.69, 9.17) is 16.3 Å². The summed E-state index contributed by atoms with van der Waals surface area (Å²) in [4.78, 5) is 13.7. The molecule has 1 aromatic heterocycles. The zero-order valence-corrected chi connectivity index (χ0v) is 13.0. The second-order valence-electron chi connectivity index (χ2n) is 4.65. The monoisotopic (exact) mass is 328 g/mol. The van der Waals surface area contributed by atoms with E-state index in [9.17, 15) is 4.79 Å². The summed E-state index contributed by atoms with van der Waals surface area (Å²) in [6, 6.07) is 14.3. The van der Waals surface area contributed by atoms with Gasteiger partial charge >= 0.3 is 0 Å². The van der Waals surface area contributed by atoms with Crippen molar-refractivity contribution in [2.24, 2.45) is 0 Å². The lowest BCUT2D eigenvalue weighted by molar-refractivity contribution is 0.102. The number of amides is 1. The Labute approximate surface area is 137 Å². The van der Waals surface area contributed by atoms with Crippen molar-refractivity contribution in [2.75, 3.05) is 12.4 Å². The first-order valence-corrected chi connectivity index (χ1v) is 7.18. The van der Waals surface area contributed by atoms with E-state index in [0.717, 1.165) is 5.69 Å². The van der Waals surface area contributed by atoms with Gasteiger partial charge in [-0.05, 0) is 30.3 Å². The Morgan fingerprint density at radius 2 is 2.00 bits per heavy atom. The van der Waals surface area contributed by atoms with Crippen molar-refractivity contribution in [1.29, 1.82) is 0 Å². The van der Waals surface area contributed by atoms with Gasteiger partial charge in [0.25, 0.3) is 5.91 Å². The third kappa shape index (κ3) is 3.32. The fraction of sp³-hybridized carbons (Fsp3) is 0.0625. The Kier molecular flexibility index (Phi) is 4.25. The number of benzene rings is 2. The third-order valence-corrected chi connectivity index (χ3v) is 3.36. The molecule has 23 heavy (non-hydrogen) atoms. The first-order valence-electron chi connectivity index (χ1n) is 6.80. The van der Waals surface area contributed by atoms with Crippen molar-refractivity contribution in [3.05, 3.63) is 65.4 Å². The molecule has 6 nitrogen and oxygen atoms in total. The second-order valence-corrected chi connectivity index (χ2v) is 5.09. The minimum absolute atomic E-state index is 0.191.